The molecule has 1 fully saturated rings. The number of piperazine rings is 1. The number of aromatic nitrogens is 2. The molecule has 2 aromatic heterocycles. The Morgan fingerprint density at radius 3 is 2.50 bits per heavy atom. The molecule has 1 aromatic carbocycles. The van der Waals surface area contributed by atoms with Crippen LogP contribution in [-0.2, 0) is 14.4 Å². The van der Waals surface area contributed by atoms with Crippen molar-refractivity contribution >= 4 is 46.4 Å². The maximum atomic E-state index is 13.3. The Bertz CT molecular complexity index is 1390. The zero-order valence-corrected chi connectivity index (χ0v) is 20.1. The molecule has 10 nitrogen and oxygen atoms in total. The number of carbonyl (C=O) groups excluding carboxylic acids is 3. The number of ether oxygens (including phenoxy) is 1. The lowest BCUT2D eigenvalue weighted by Gasteiger charge is -2.34. The van der Waals surface area contributed by atoms with Crippen LogP contribution < -0.4 is 4.90 Å². The molecule has 0 N–H and O–H groups in total. The second kappa shape index (κ2) is 9.56. The van der Waals surface area contributed by atoms with E-state index in [0.717, 1.165) is 5.39 Å². The number of fused-ring (bicyclic) bond motifs is 2. The fourth-order valence-electron chi connectivity index (χ4n) is 4.05. The lowest BCUT2D eigenvalue weighted by Crippen LogP contribution is -2.50. The van der Waals surface area contributed by atoms with Gasteiger partial charge in [0.2, 0.25) is 6.23 Å². The summed E-state index contributed by atoms with van der Waals surface area (Å²) in [5.74, 6) is -0.567. The fourth-order valence-corrected chi connectivity index (χ4v) is 4.19. The monoisotopic (exact) mass is 507 g/mol. The number of anilines is 1. The van der Waals surface area contributed by atoms with Crippen molar-refractivity contribution in [2.24, 2.45) is 0 Å². The highest BCUT2D eigenvalue weighted by Gasteiger charge is 2.42. The number of carbonyl (C=O) groups is 3. The third kappa shape index (κ3) is 4.48. The molecule has 0 bridgehead atoms. The zero-order chi connectivity index (χ0) is 25.4. The largest absolute Gasteiger partial charge is 0.420 e. The molecule has 0 radical (unpaired) electrons. The van der Waals surface area contributed by atoms with Crippen molar-refractivity contribution in [1.82, 2.24) is 19.9 Å². The van der Waals surface area contributed by atoms with Gasteiger partial charge in [-0.25, -0.2) is 19.6 Å². The minimum Gasteiger partial charge on any atom is -0.420 e. The van der Waals surface area contributed by atoms with Gasteiger partial charge in [0.05, 0.1) is 13.1 Å². The third-order valence-electron chi connectivity index (χ3n) is 5.93. The highest BCUT2D eigenvalue weighted by atomic mass is 35.5. The van der Waals surface area contributed by atoms with Crippen LogP contribution in [0, 0.1) is 0 Å². The molecular formula is C25H22ClN5O5. The van der Waals surface area contributed by atoms with E-state index in [2.05, 4.69) is 16.5 Å². The maximum Gasteiger partial charge on any atom is 0.412 e. The van der Waals surface area contributed by atoms with E-state index in [-0.39, 0.29) is 30.0 Å². The molecule has 1 unspecified atom stereocenters. The van der Waals surface area contributed by atoms with E-state index in [0.29, 0.717) is 35.4 Å². The van der Waals surface area contributed by atoms with Gasteiger partial charge in [0, 0.05) is 35.2 Å². The van der Waals surface area contributed by atoms with Crippen LogP contribution in [-0.4, -0.2) is 64.1 Å². The smallest absolute Gasteiger partial charge is 0.412 e. The number of benzene rings is 1. The zero-order valence-electron chi connectivity index (χ0n) is 19.4. The van der Waals surface area contributed by atoms with Crippen molar-refractivity contribution < 1.29 is 24.0 Å². The second-order valence-corrected chi connectivity index (χ2v) is 8.81. The summed E-state index contributed by atoms with van der Waals surface area (Å²) in [7, 11) is 0. The second-order valence-electron chi connectivity index (χ2n) is 8.42. The van der Waals surface area contributed by atoms with Crippen molar-refractivity contribution in [2.75, 3.05) is 31.1 Å². The summed E-state index contributed by atoms with van der Waals surface area (Å²) in [6.45, 7) is 6.32. The number of rotatable bonds is 4. The summed E-state index contributed by atoms with van der Waals surface area (Å²) >= 11 is 6.03. The van der Waals surface area contributed by atoms with E-state index in [4.69, 9.17) is 21.2 Å². The average molecular weight is 508 g/mol. The Morgan fingerprint density at radius 1 is 1.03 bits per heavy atom. The first kappa shape index (κ1) is 23.7. The van der Waals surface area contributed by atoms with Gasteiger partial charge in [0.15, 0.2) is 5.65 Å². The van der Waals surface area contributed by atoms with Gasteiger partial charge >= 0.3 is 12.1 Å². The Labute approximate surface area is 211 Å². The summed E-state index contributed by atoms with van der Waals surface area (Å²) in [6, 6.07) is 13.9. The fraction of sp³-hybridized carbons (Fsp3) is 0.240. The molecule has 0 aliphatic carbocycles. The van der Waals surface area contributed by atoms with E-state index in [9.17, 15) is 14.4 Å². The minimum absolute atomic E-state index is 0.277. The van der Waals surface area contributed by atoms with E-state index in [1.807, 2.05) is 0 Å². The summed E-state index contributed by atoms with van der Waals surface area (Å²) in [5, 5.41) is 2.52. The van der Waals surface area contributed by atoms with Crippen molar-refractivity contribution in [3.63, 3.8) is 0 Å². The summed E-state index contributed by atoms with van der Waals surface area (Å²) < 4.78 is 5.87. The van der Waals surface area contributed by atoms with Gasteiger partial charge in [-0.05, 0) is 37.3 Å². The molecule has 184 valence electrons. The Kier molecular flexibility index (Phi) is 6.29. The topological polar surface area (TPSA) is 105 Å². The molecule has 5 rings (SSSR count). The highest BCUT2D eigenvalue weighted by Crippen LogP contribution is 2.38. The van der Waals surface area contributed by atoms with Crippen LogP contribution in [0.4, 0.5) is 10.6 Å². The molecule has 0 spiro atoms. The number of hydrogen-bond donors (Lipinski definition) is 0. The van der Waals surface area contributed by atoms with E-state index in [1.54, 1.807) is 55.5 Å². The number of pyridine rings is 2. The Balaban J connectivity index is 1.37. The molecule has 1 atom stereocenters. The van der Waals surface area contributed by atoms with Gasteiger partial charge in [0.1, 0.15) is 11.0 Å². The normalized spacial score (nSPS) is 17.7. The third-order valence-corrected chi connectivity index (χ3v) is 6.14. The molecular weight excluding hydrogens is 486 g/mol. The van der Waals surface area contributed by atoms with Crippen molar-refractivity contribution in [3.8, 4) is 0 Å². The van der Waals surface area contributed by atoms with Crippen molar-refractivity contribution in [2.45, 2.75) is 13.2 Å². The Hall–Kier alpha value is -4.02. The van der Waals surface area contributed by atoms with Crippen LogP contribution in [0.3, 0.4) is 0 Å². The maximum absolute atomic E-state index is 13.3. The minimum atomic E-state index is -1.01. The van der Waals surface area contributed by atoms with Gasteiger partial charge in [-0.3, -0.25) is 9.69 Å². The van der Waals surface area contributed by atoms with Gasteiger partial charge in [-0.1, -0.05) is 36.4 Å². The van der Waals surface area contributed by atoms with E-state index >= 15 is 0 Å². The number of halogens is 1. The number of hydrogen-bond acceptors (Lipinski definition) is 8. The lowest BCUT2D eigenvalue weighted by atomic mass is 10.1. The molecule has 3 aromatic rings. The van der Waals surface area contributed by atoms with Gasteiger partial charge in [0.25, 0.3) is 5.91 Å². The molecule has 2 amide bonds. The summed E-state index contributed by atoms with van der Waals surface area (Å²) in [5.41, 5.74) is 1.65. The number of hydroxylamine groups is 2. The van der Waals surface area contributed by atoms with Crippen LogP contribution in [0.1, 0.15) is 29.1 Å². The van der Waals surface area contributed by atoms with Crippen LogP contribution in [0.2, 0.25) is 5.15 Å². The molecule has 0 saturated carbocycles. The number of amides is 2. The molecule has 4 heterocycles. The summed E-state index contributed by atoms with van der Waals surface area (Å²) in [4.78, 5) is 55.0. The first-order valence-corrected chi connectivity index (χ1v) is 11.6. The molecule has 2 aliphatic heterocycles. The average Bonchev–Trinajstić information content (AvgIpc) is 3.15. The van der Waals surface area contributed by atoms with Crippen LogP contribution in [0.25, 0.3) is 11.0 Å². The lowest BCUT2D eigenvalue weighted by molar-refractivity contribution is -0.191. The predicted octanol–water partition coefficient (Wildman–Crippen LogP) is 3.73. The first-order chi connectivity index (χ1) is 17.3. The van der Waals surface area contributed by atoms with Gasteiger partial charge in [-0.15, -0.1) is 5.06 Å². The standard InChI is InChI=1S/C25H22ClN5O5/c1-15(2)24(33)36-30-13-11-29(12-14-30)25(34)35-23-18-6-4-3-5-17(18)22(32)31(23)20-10-8-16-7-9-19(26)27-21(16)28-20/h3-10,23H,1,11-14H2,2H3. The number of nitrogens with zero attached hydrogens (tertiary/aromatic N) is 5. The van der Waals surface area contributed by atoms with Gasteiger partial charge in [-0.2, -0.15) is 0 Å². The highest BCUT2D eigenvalue weighted by molar-refractivity contribution is 6.29. The van der Waals surface area contributed by atoms with Crippen molar-refractivity contribution in [3.05, 3.63) is 77.0 Å². The molecule has 2 aliphatic rings. The van der Waals surface area contributed by atoms with Gasteiger partial charge < -0.3 is 14.5 Å². The quantitative estimate of drug-likeness (QED) is 0.388. The molecule has 1 saturated heterocycles. The summed E-state index contributed by atoms with van der Waals surface area (Å²) in [6.07, 6.45) is -1.60. The van der Waals surface area contributed by atoms with E-state index in [1.165, 1.54) is 14.9 Å². The SMILES string of the molecule is C=C(C)C(=O)ON1CCN(C(=O)OC2c3ccccc3C(=O)N2c2ccc3ccc(Cl)nc3n2)CC1. The first-order valence-electron chi connectivity index (χ1n) is 11.3. The van der Waals surface area contributed by atoms with E-state index < -0.39 is 18.3 Å². The van der Waals surface area contributed by atoms with Crippen LogP contribution >= 0.6 is 11.6 Å². The van der Waals surface area contributed by atoms with Crippen LogP contribution in [0.5, 0.6) is 0 Å². The molecule has 36 heavy (non-hydrogen) atoms. The Morgan fingerprint density at radius 2 is 1.75 bits per heavy atom. The van der Waals surface area contributed by atoms with Crippen LogP contribution in [0.15, 0.2) is 60.7 Å². The predicted molar refractivity (Wildman–Crippen MR) is 131 cm³/mol. The van der Waals surface area contributed by atoms with Crippen molar-refractivity contribution in [1.29, 1.82) is 0 Å². The molecule has 11 heteroatoms.